The summed E-state index contributed by atoms with van der Waals surface area (Å²) in [7, 11) is 1.68. The van der Waals surface area contributed by atoms with Crippen LogP contribution in [0.3, 0.4) is 0 Å². The van der Waals surface area contributed by atoms with Crippen LogP contribution in [0.5, 0.6) is 0 Å². The lowest BCUT2D eigenvalue weighted by Gasteiger charge is -2.08. The first kappa shape index (κ1) is 14.8. The van der Waals surface area contributed by atoms with Gasteiger partial charge >= 0.3 is 0 Å². The fourth-order valence-corrected chi connectivity index (χ4v) is 1.75. The molecule has 0 bridgehead atoms. The molecule has 0 spiro atoms. The Bertz CT molecular complexity index is 397. The summed E-state index contributed by atoms with van der Waals surface area (Å²) >= 11 is 5.86. The first-order valence-electron chi connectivity index (χ1n) is 5.98. The summed E-state index contributed by atoms with van der Waals surface area (Å²) in [6.45, 7) is 1.39. The van der Waals surface area contributed by atoms with Crippen molar-refractivity contribution in [3.63, 3.8) is 0 Å². The third-order valence-corrected chi connectivity index (χ3v) is 2.94. The number of nitrogens with two attached hydrogens (primary N) is 1. The van der Waals surface area contributed by atoms with Gasteiger partial charge in [-0.05, 0) is 31.4 Å². The summed E-state index contributed by atoms with van der Waals surface area (Å²) in [5, 5.41) is 3.23. The van der Waals surface area contributed by atoms with Gasteiger partial charge in [0, 0.05) is 20.3 Å². The highest BCUT2D eigenvalue weighted by atomic mass is 35.5. The maximum atomic E-state index is 11.8. The van der Waals surface area contributed by atoms with Gasteiger partial charge in [0.15, 0.2) is 0 Å². The van der Waals surface area contributed by atoms with Crippen LogP contribution in [0.15, 0.2) is 18.2 Å². The van der Waals surface area contributed by atoms with Gasteiger partial charge in [-0.3, -0.25) is 4.79 Å². The molecule has 0 atom stereocenters. The fourth-order valence-electron chi connectivity index (χ4n) is 1.58. The van der Waals surface area contributed by atoms with E-state index in [0.717, 1.165) is 25.9 Å². The number of nitrogen functional groups attached to an aromatic ring is 1. The van der Waals surface area contributed by atoms with Gasteiger partial charge in [0.25, 0.3) is 5.91 Å². The number of halogens is 1. The van der Waals surface area contributed by atoms with Gasteiger partial charge in [-0.25, -0.2) is 0 Å². The van der Waals surface area contributed by atoms with E-state index in [1.165, 1.54) is 0 Å². The Morgan fingerprint density at radius 1 is 1.39 bits per heavy atom. The van der Waals surface area contributed by atoms with Crippen molar-refractivity contribution < 1.29 is 9.53 Å². The van der Waals surface area contributed by atoms with Gasteiger partial charge in [0.2, 0.25) is 0 Å². The molecule has 0 unspecified atom stereocenters. The van der Waals surface area contributed by atoms with Crippen LogP contribution in [0.1, 0.15) is 29.6 Å². The quantitative estimate of drug-likeness (QED) is 0.591. The van der Waals surface area contributed by atoms with Gasteiger partial charge in [-0.2, -0.15) is 0 Å². The fraction of sp³-hybridized carbons (Fsp3) is 0.462. The molecule has 100 valence electrons. The monoisotopic (exact) mass is 270 g/mol. The second-order valence-corrected chi connectivity index (χ2v) is 4.42. The molecule has 1 rings (SSSR count). The van der Waals surface area contributed by atoms with Crippen LogP contribution in [-0.4, -0.2) is 26.2 Å². The maximum Gasteiger partial charge on any atom is 0.253 e. The number of ether oxygens (including phenoxy) is 1. The second-order valence-electron chi connectivity index (χ2n) is 4.01. The normalized spacial score (nSPS) is 10.3. The number of hydrogen-bond donors (Lipinski definition) is 2. The average molecular weight is 271 g/mol. The van der Waals surface area contributed by atoms with Gasteiger partial charge < -0.3 is 15.8 Å². The molecule has 0 saturated carbocycles. The van der Waals surface area contributed by atoms with Crippen molar-refractivity contribution in [3.05, 3.63) is 28.8 Å². The standard InChI is InChI=1S/C13H19ClN2O2/c1-18-9-4-2-3-8-16-13(17)10-6-5-7-11(14)12(10)15/h5-7H,2-4,8-9,15H2,1H3,(H,16,17). The molecule has 0 heterocycles. The molecule has 0 fully saturated rings. The zero-order valence-corrected chi connectivity index (χ0v) is 11.3. The van der Waals surface area contributed by atoms with Gasteiger partial charge in [0.1, 0.15) is 0 Å². The number of para-hydroxylation sites is 1. The van der Waals surface area contributed by atoms with E-state index >= 15 is 0 Å². The van der Waals surface area contributed by atoms with Gasteiger partial charge in [0.05, 0.1) is 16.3 Å². The topological polar surface area (TPSA) is 64.3 Å². The molecule has 0 aromatic heterocycles. The van der Waals surface area contributed by atoms with Crippen molar-refractivity contribution in [1.82, 2.24) is 5.32 Å². The van der Waals surface area contributed by atoms with Crippen molar-refractivity contribution >= 4 is 23.2 Å². The van der Waals surface area contributed by atoms with E-state index in [-0.39, 0.29) is 5.91 Å². The molecule has 1 aromatic rings. The predicted molar refractivity (Wildman–Crippen MR) is 73.9 cm³/mol. The van der Waals surface area contributed by atoms with Crippen LogP contribution in [0.25, 0.3) is 0 Å². The number of amides is 1. The van der Waals surface area contributed by atoms with E-state index in [1.54, 1.807) is 25.3 Å². The molecule has 5 heteroatoms. The third kappa shape index (κ3) is 4.55. The van der Waals surface area contributed by atoms with Crippen LogP contribution in [0.4, 0.5) is 5.69 Å². The van der Waals surface area contributed by atoms with Crippen molar-refractivity contribution in [2.75, 3.05) is 26.0 Å². The van der Waals surface area contributed by atoms with E-state index in [1.807, 2.05) is 0 Å². The van der Waals surface area contributed by atoms with Crippen LogP contribution in [0.2, 0.25) is 5.02 Å². The highest BCUT2D eigenvalue weighted by Gasteiger charge is 2.10. The Hall–Kier alpha value is -1.26. The number of carbonyl (C=O) groups is 1. The molecule has 3 N–H and O–H groups in total. The summed E-state index contributed by atoms with van der Waals surface area (Å²) in [5.74, 6) is -0.179. The Morgan fingerprint density at radius 3 is 2.89 bits per heavy atom. The van der Waals surface area contributed by atoms with Crippen LogP contribution < -0.4 is 11.1 Å². The summed E-state index contributed by atoms with van der Waals surface area (Å²) < 4.78 is 4.95. The van der Waals surface area contributed by atoms with Crippen LogP contribution in [0, 0.1) is 0 Å². The SMILES string of the molecule is COCCCCCNC(=O)c1cccc(Cl)c1N. The van der Waals surface area contributed by atoms with Gasteiger partial charge in [-0.15, -0.1) is 0 Å². The molecule has 1 aromatic carbocycles. The number of benzene rings is 1. The summed E-state index contributed by atoms with van der Waals surface area (Å²) in [6.07, 6.45) is 2.96. The number of nitrogens with one attached hydrogen (secondary N) is 1. The number of rotatable bonds is 7. The third-order valence-electron chi connectivity index (χ3n) is 2.61. The maximum absolute atomic E-state index is 11.8. The smallest absolute Gasteiger partial charge is 0.253 e. The predicted octanol–water partition coefficient (Wildman–Crippen LogP) is 2.47. The minimum atomic E-state index is -0.179. The lowest BCUT2D eigenvalue weighted by Crippen LogP contribution is -2.25. The van der Waals surface area contributed by atoms with E-state index in [0.29, 0.717) is 22.8 Å². The average Bonchev–Trinajstić information content (AvgIpc) is 2.36. The lowest BCUT2D eigenvalue weighted by molar-refractivity contribution is 0.0953. The number of methoxy groups -OCH3 is 1. The Morgan fingerprint density at radius 2 is 2.17 bits per heavy atom. The minimum Gasteiger partial charge on any atom is -0.397 e. The number of unbranched alkanes of at least 4 members (excludes halogenated alkanes) is 2. The van der Waals surface area contributed by atoms with Crippen molar-refractivity contribution in [2.45, 2.75) is 19.3 Å². The number of hydrogen-bond acceptors (Lipinski definition) is 3. The van der Waals surface area contributed by atoms with E-state index in [2.05, 4.69) is 5.32 Å². The molecule has 1 amide bonds. The Kier molecular flexibility index (Phi) is 6.54. The first-order chi connectivity index (χ1) is 8.66. The Labute approximate surface area is 112 Å². The summed E-state index contributed by atoms with van der Waals surface area (Å²) in [6, 6.07) is 5.05. The van der Waals surface area contributed by atoms with E-state index < -0.39 is 0 Å². The number of anilines is 1. The summed E-state index contributed by atoms with van der Waals surface area (Å²) in [4.78, 5) is 11.8. The highest BCUT2D eigenvalue weighted by Crippen LogP contribution is 2.22. The highest BCUT2D eigenvalue weighted by molar-refractivity contribution is 6.33. The molecule has 0 aliphatic carbocycles. The molecule has 0 saturated heterocycles. The molecule has 0 aliphatic rings. The van der Waals surface area contributed by atoms with Crippen molar-refractivity contribution in [1.29, 1.82) is 0 Å². The molecule has 18 heavy (non-hydrogen) atoms. The first-order valence-corrected chi connectivity index (χ1v) is 6.35. The van der Waals surface area contributed by atoms with E-state index in [4.69, 9.17) is 22.1 Å². The minimum absolute atomic E-state index is 0.179. The largest absolute Gasteiger partial charge is 0.397 e. The van der Waals surface area contributed by atoms with Gasteiger partial charge in [-0.1, -0.05) is 17.7 Å². The summed E-state index contributed by atoms with van der Waals surface area (Å²) in [5.41, 5.74) is 6.50. The second kappa shape index (κ2) is 7.95. The molecule has 4 nitrogen and oxygen atoms in total. The van der Waals surface area contributed by atoms with Crippen molar-refractivity contribution in [2.24, 2.45) is 0 Å². The molecule has 0 radical (unpaired) electrons. The zero-order valence-electron chi connectivity index (χ0n) is 10.5. The van der Waals surface area contributed by atoms with Crippen molar-refractivity contribution in [3.8, 4) is 0 Å². The lowest BCUT2D eigenvalue weighted by atomic mass is 10.1. The van der Waals surface area contributed by atoms with E-state index in [9.17, 15) is 4.79 Å². The Balaban J connectivity index is 2.35. The van der Waals surface area contributed by atoms with Crippen LogP contribution >= 0.6 is 11.6 Å². The molecular formula is C13H19ClN2O2. The zero-order chi connectivity index (χ0) is 13.4. The molecule has 0 aliphatic heterocycles. The molecular weight excluding hydrogens is 252 g/mol. The van der Waals surface area contributed by atoms with Crippen LogP contribution in [-0.2, 0) is 4.74 Å². The number of carbonyl (C=O) groups excluding carboxylic acids is 1.